The number of hydrogen-bond donors (Lipinski definition) is 2. The van der Waals surface area contributed by atoms with Crippen LogP contribution in [-0.2, 0) is 9.53 Å². The number of aromatic nitrogens is 5. The van der Waals surface area contributed by atoms with Gasteiger partial charge in [0.05, 0.1) is 31.0 Å². The van der Waals surface area contributed by atoms with E-state index >= 15 is 0 Å². The second-order valence-electron chi connectivity index (χ2n) is 8.59. The van der Waals surface area contributed by atoms with Gasteiger partial charge >= 0.3 is 0 Å². The van der Waals surface area contributed by atoms with Crippen molar-refractivity contribution >= 4 is 44.2 Å². The molecule has 35 heavy (non-hydrogen) atoms. The fourth-order valence-corrected chi connectivity index (χ4v) is 4.82. The molecule has 1 aliphatic rings. The molecule has 0 unspecified atom stereocenters. The summed E-state index contributed by atoms with van der Waals surface area (Å²) in [7, 11) is 0. The van der Waals surface area contributed by atoms with Gasteiger partial charge in [0.2, 0.25) is 5.91 Å². The number of thiazole rings is 1. The average Bonchev–Trinajstić information content (AvgIpc) is 3.53. The number of rotatable bonds is 8. The van der Waals surface area contributed by atoms with E-state index in [1.54, 1.807) is 12.4 Å². The number of carbonyl (C=O) groups excluding carboxylic acids is 1. The van der Waals surface area contributed by atoms with E-state index in [0.29, 0.717) is 26.1 Å². The second-order valence-corrected chi connectivity index (χ2v) is 9.57. The first-order chi connectivity index (χ1) is 17.0. The lowest BCUT2D eigenvalue weighted by molar-refractivity contribution is -0.132. The fourth-order valence-electron chi connectivity index (χ4n) is 3.97. The summed E-state index contributed by atoms with van der Waals surface area (Å²) >= 11 is 1.48. The minimum absolute atomic E-state index is 0.146. The van der Waals surface area contributed by atoms with Crippen molar-refractivity contribution < 1.29 is 9.53 Å². The largest absolute Gasteiger partial charge is 0.378 e. The van der Waals surface area contributed by atoms with Crippen LogP contribution in [0.4, 0.5) is 16.6 Å². The number of carbonyl (C=O) groups is 1. The van der Waals surface area contributed by atoms with Crippen LogP contribution in [0.15, 0.2) is 42.9 Å². The quantitative estimate of drug-likeness (QED) is 0.383. The van der Waals surface area contributed by atoms with Gasteiger partial charge in [-0.2, -0.15) is 5.10 Å². The van der Waals surface area contributed by atoms with Crippen LogP contribution in [-0.4, -0.2) is 74.8 Å². The SMILES string of the molecule is CC(C)OCCC(=O)N1CCN(c2ccnc(Nc3nc4ccc(-c5cn[nH]c5)nc4s3)c2)CC1. The summed E-state index contributed by atoms with van der Waals surface area (Å²) < 4.78 is 5.51. The number of fused-ring (bicyclic) bond motifs is 1. The minimum Gasteiger partial charge on any atom is -0.378 e. The van der Waals surface area contributed by atoms with E-state index in [9.17, 15) is 4.79 Å². The molecule has 4 aromatic rings. The maximum Gasteiger partial charge on any atom is 0.225 e. The minimum atomic E-state index is 0.146. The molecule has 5 heterocycles. The molecular formula is C24H28N8O2S. The summed E-state index contributed by atoms with van der Waals surface area (Å²) in [5.41, 5.74) is 3.70. The maximum atomic E-state index is 12.4. The van der Waals surface area contributed by atoms with E-state index in [2.05, 4.69) is 30.4 Å². The Morgan fingerprint density at radius 1 is 1.20 bits per heavy atom. The number of H-pyrrole nitrogens is 1. The van der Waals surface area contributed by atoms with E-state index in [1.165, 1.54) is 11.3 Å². The average molecular weight is 493 g/mol. The van der Waals surface area contributed by atoms with Crippen LogP contribution >= 0.6 is 11.3 Å². The van der Waals surface area contributed by atoms with Gasteiger partial charge in [-0.15, -0.1) is 0 Å². The molecule has 1 amide bonds. The highest BCUT2D eigenvalue weighted by atomic mass is 32.1. The van der Waals surface area contributed by atoms with Crippen LogP contribution < -0.4 is 10.2 Å². The monoisotopic (exact) mass is 492 g/mol. The first kappa shape index (κ1) is 23.2. The second kappa shape index (κ2) is 10.4. The Kier molecular flexibility index (Phi) is 6.87. The molecule has 0 atom stereocenters. The number of ether oxygens (including phenoxy) is 1. The summed E-state index contributed by atoms with van der Waals surface area (Å²) in [6.45, 7) is 7.40. The molecule has 4 aromatic heterocycles. The van der Waals surface area contributed by atoms with Crippen molar-refractivity contribution in [2.45, 2.75) is 26.4 Å². The van der Waals surface area contributed by atoms with Crippen molar-refractivity contribution in [2.75, 3.05) is 43.0 Å². The molecule has 1 aliphatic heterocycles. The summed E-state index contributed by atoms with van der Waals surface area (Å²) in [5, 5.41) is 10.9. The van der Waals surface area contributed by atoms with Gasteiger partial charge in [0.25, 0.3) is 0 Å². The third-order valence-electron chi connectivity index (χ3n) is 5.79. The Hall–Kier alpha value is -3.57. The van der Waals surface area contributed by atoms with Crippen molar-refractivity contribution in [3.05, 3.63) is 42.9 Å². The molecule has 11 heteroatoms. The van der Waals surface area contributed by atoms with Gasteiger partial charge in [-0.25, -0.2) is 15.0 Å². The topological polar surface area (TPSA) is 112 Å². The van der Waals surface area contributed by atoms with Crippen LogP contribution in [0.1, 0.15) is 20.3 Å². The molecule has 0 aliphatic carbocycles. The molecule has 1 saturated heterocycles. The van der Waals surface area contributed by atoms with Crippen molar-refractivity contribution in [1.82, 2.24) is 30.0 Å². The van der Waals surface area contributed by atoms with E-state index in [0.717, 1.165) is 51.3 Å². The van der Waals surface area contributed by atoms with Crippen molar-refractivity contribution in [3.8, 4) is 11.3 Å². The Balaban J connectivity index is 1.20. The zero-order valence-corrected chi connectivity index (χ0v) is 20.6. The third-order valence-corrected chi connectivity index (χ3v) is 6.67. The number of hydrogen-bond acceptors (Lipinski definition) is 9. The Labute approximate surface area is 207 Å². The zero-order valence-electron chi connectivity index (χ0n) is 19.8. The molecule has 0 aromatic carbocycles. The lowest BCUT2D eigenvalue weighted by atomic mass is 10.2. The van der Waals surface area contributed by atoms with Crippen molar-refractivity contribution in [2.24, 2.45) is 0 Å². The summed E-state index contributed by atoms with van der Waals surface area (Å²) in [6, 6.07) is 7.92. The van der Waals surface area contributed by atoms with Crippen LogP contribution in [0.3, 0.4) is 0 Å². The molecule has 10 nitrogen and oxygen atoms in total. The molecule has 2 N–H and O–H groups in total. The fraction of sp³-hybridized carbons (Fsp3) is 0.375. The number of nitrogens with one attached hydrogen (secondary N) is 2. The van der Waals surface area contributed by atoms with Gasteiger partial charge in [-0.05, 0) is 32.0 Å². The van der Waals surface area contributed by atoms with Crippen LogP contribution in [0.25, 0.3) is 21.6 Å². The number of pyridine rings is 2. The highest BCUT2D eigenvalue weighted by molar-refractivity contribution is 7.21. The molecule has 0 radical (unpaired) electrons. The van der Waals surface area contributed by atoms with Crippen LogP contribution in [0.5, 0.6) is 0 Å². The van der Waals surface area contributed by atoms with E-state index in [1.807, 2.05) is 49.2 Å². The smallest absolute Gasteiger partial charge is 0.225 e. The number of amides is 1. The first-order valence-electron chi connectivity index (χ1n) is 11.7. The van der Waals surface area contributed by atoms with Crippen molar-refractivity contribution in [3.63, 3.8) is 0 Å². The predicted molar refractivity (Wildman–Crippen MR) is 137 cm³/mol. The van der Waals surface area contributed by atoms with Gasteiger partial charge in [0.1, 0.15) is 16.2 Å². The number of aromatic amines is 1. The van der Waals surface area contributed by atoms with Gasteiger partial charge < -0.3 is 19.9 Å². The lowest BCUT2D eigenvalue weighted by Crippen LogP contribution is -2.49. The standard InChI is InChI=1S/C24H28N8O2S/c1-16(2)34-12-6-22(33)32-10-8-31(9-11-32)18-5-7-25-21(13-18)30-24-29-20-4-3-19(28-23(20)35-24)17-14-26-27-15-17/h3-5,7,13-16H,6,8-12H2,1-2H3,(H,26,27)(H,25,29,30). The van der Waals surface area contributed by atoms with Gasteiger partial charge in [0.15, 0.2) is 5.13 Å². The molecule has 0 saturated carbocycles. The van der Waals surface area contributed by atoms with Gasteiger partial charge in [0, 0.05) is 55.9 Å². The lowest BCUT2D eigenvalue weighted by Gasteiger charge is -2.36. The van der Waals surface area contributed by atoms with Crippen molar-refractivity contribution in [1.29, 1.82) is 0 Å². The molecular weight excluding hydrogens is 464 g/mol. The first-order valence-corrected chi connectivity index (χ1v) is 12.5. The Bertz CT molecular complexity index is 1280. The number of anilines is 3. The normalized spacial score (nSPS) is 14.1. The number of nitrogens with zero attached hydrogens (tertiary/aromatic N) is 6. The molecule has 182 valence electrons. The Morgan fingerprint density at radius 2 is 2.06 bits per heavy atom. The molecule has 0 spiro atoms. The summed E-state index contributed by atoms with van der Waals surface area (Å²) in [4.78, 5) is 31.3. The van der Waals surface area contributed by atoms with E-state index < -0.39 is 0 Å². The zero-order chi connectivity index (χ0) is 24.2. The van der Waals surface area contributed by atoms with Crippen LogP contribution in [0, 0.1) is 0 Å². The van der Waals surface area contributed by atoms with Crippen LogP contribution in [0.2, 0.25) is 0 Å². The summed E-state index contributed by atoms with van der Waals surface area (Å²) in [6.07, 6.45) is 5.94. The Morgan fingerprint density at radius 3 is 2.83 bits per heavy atom. The van der Waals surface area contributed by atoms with E-state index in [4.69, 9.17) is 9.72 Å². The van der Waals surface area contributed by atoms with Gasteiger partial charge in [-0.1, -0.05) is 11.3 Å². The van der Waals surface area contributed by atoms with Gasteiger partial charge in [-0.3, -0.25) is 9.89 Å². The van der Waals surface area contributed by atoms with E-state index in [-0.39, 0.29) is 12.0 Å². The molecule has 5 rings (SSSR count). The maximum absolute atomic E-state index is 12.4. The highest BCUT2D eigenvalue weighted by Gasteiger charge is 2.21. The number of piperazine rings is 1. The predicted octanol–water partition coefficient (Wildman–Crippen LogP) is 3.68. The highest BCUT2D eigenvalue weighted by Crippen LogP contribution is 2.29. The third kappa shape index (κ3) is 5.57. The molecule has 0 bridgehead atoms. The molecule has 1 fully saturated rings. The summed E-state index contributed by atoms with van der Waals surface area (Å²) in [5.74, 6) is 0.878.